The summed E-state index contributed by atoms with van der Waals surface area (Å²) in [6, 6.07) is 5.08. The van der Waals surface area contributed by atoms with Gasteiger partial charge in [0.05, 0.1) is 22.8 Å². The quantitative estimate of drug-likeness (QED) is 0.691. The first-order valence-electron chi connectivity index (χ1n) is 7.59. The molecule has 1 aromatic carbocycles. The number of amides is 1. The standard InChI is InChI=1S/C17H15BrClNO3S/c1-2-23-17(22)14-10-4-3-5-13(10)24-16(14)20-15(21)11-8-9(18)6-7-12(11)19/h6-8H,2-5H2,1H3,(H,20,21). The van der Waals surface area contributed by atoms with Crippen molar-refractivity contribution in [2.75, 3.05) is 11.9 Å². The zero-order chi connectivity index (χ0) is 17.3. The number of esters is 1. The van der Waals surface area contributed by atoms with Crippen molar-refractivity contribution in [3.63, 3.8) is 0 Å². The molecule has 24 heavy (non-hydrogen) atoms. The fourth-order valence-electron chi connectivity index (χ4n) is 2.75. The molecule has 0 bridgehead atoms. The highest BCUT2D eigenvalue weighted by Crippen LogP contribution is 2.40. The summed E-state index contributed by atoms with van der Waals surface area (Å²) in [6.07, 6.45) is 2.80. The van der Waals surface area contributed by atoms with E-state index in [1.807, 2.05) is 0 Å². The predicted octanol–water partition coefficient (Wildman–Crippen LogP) is 5.08. The molecule has 4 nitrogen and oxygen atoms in total. The SMILES string of the molecule is CCOC(=O)c1c(NC(=O)c2cc(Br)ccc2Cl)sc2c1CCC2. The first kappa shape index (κ1) is 17.5. The van der Waals surface area contributed by atoms with Crippen molar-refractivity contribution in [2.45, 2.75) is 26.2 Å². The number of fused-ring (bicyclic) bond motifs is 1. The minimum atomic E-state index is -0.382. The van der Waals surface area contributed by atoms with Gasteiger partial charge in [-0.3, -0.25) is 4.79 Å². The second-order valence-corrected chi connectivity index (χ2v) is 7.79. The van der Waals surface area contributed by atoms with Gasteiger partial charge < -0.3 is 10.1 Å². The van der Waals surface area contributed by atoms with Gasteiger partial charge >= 0.3 is 5.97 Å². The van der Waals surface area contributed by atoms with E-state index in [9.17, 15) is 9.59 Å². The maximum absolute atomic E-state index is 12.6. The Kier molecular flexibility index (Phi) is 5.27. The number of carbonyl (C=O) groups is 2. The van der Waals surface area contributed by atoms with Crippen molar-refractivity contribution in [1.82, 2.24) is 0 Å². The van der Waals surface area contributed by atoms with Gasteiger partial charge in [-0.1, -0.05) is 27.5 Å². The van der Waals surface area contributed by atoms with Gasteiger partial charge in [0.15, 0.2) is 0 Å². The molecule has 0 spiro atoms. The first-order chi connectivity index (χ1) is 11.5. The third-order valence-corrected chi connectivity index (χ3v) is 5.83. The Balaban J connectivity index is 1.94. The monoisotopic (exact) mass is 427 g/mol. The second-order valence-electron chi connectivity index (χ2n) is 5.36. The molecular formula is C17H15BrClNO3S. The van der Waals surface area contributed by atoms with Gasteiger partial charge in [0.2, 0.25) is 0 Å². The average molecular weight is 429 g/mol. The minimum absolute atomic E-state index is 0.300. The van der Waals surface area contributed by atoms with Crippen molar-refractivity contribution < 1.29 is 14.3 Å². The van der Waals surface area contributed by atoms with E-state index < -0.39 is 0 Å². The number of ether oxygens (including phenoxy) is 1. The third kappa shape index (κ3) is 3.36. The fraction of sp³-hybridized carbons (Fsp3) is 0.294. The molecule has 0 unspecified atom stereocenters. The van der Waals surface area contributed by atoms with Crippen LogP contribution in [0.15, 0.2) is 22.7 Å². The number of hydrogen-bond acceptors (Lipinski definition) is 4. The van der Waals surface area contributed by atoms with E-state index in [1.54, 1.807) is 25.1 Å². The van der Waals surface area contributed by atoms with Crippen LogP contribution in [-0.2, 0) is 17.6 Å². The van der Waals surface area contributed by atoms with E-state index in [0.717, 1.165) is 34.2 Å². The maximum atomic E-state index is 12.6. The highest BCUT2D eigenvalue weighted by Gasteiger charge is 2.28. The molecule has 1 heterocycles. The van der Waals surface area contributed by atoms with Crippen LogP contribution in [0.1, 0.15) is 44.5 Å². The van der Waals surface area contributed by atoms with Crippen LogP contribution in [0.4, 0.5) is 5.00 Å². The van der Waals surface area contributed by atoms with Crippen molar-refractivity contribution in [3.05, 3.63) is 49.3 Å². The van der Waals surface area contributed by atoms with Gasteiger partial charge in [-0.2, -0.15) is 0 Å². The molecule has 0 fully saturated rings. The Labute approximate surface area is 157 Å². The lowest BCUT2D eigenvalue weighted by molar-refractivity contribution is 0.0527. The van der Waals surface area contributed by atoms with Crippen LogP contribution in [-0.4, -0.2) is 18.5 Å². The Morgan fingerprint density at radius 3 is 2.92 bits per heavy atom. The van der Waals surface area contributed by atoms with Crippen LogP contribution in [0.3, 0.4) is 0 Å². The highest BCUT2D eigenvalue weighted by molar-refractivity contribution is 9.10. The van der Waals surface area contributed by atoms with Gasteiger partial charge in [0.25, 0.3) is 5.91 Å². The van der Waals surface area contributed by atoms with E-state index >= 15 is 0 Å². The number of thiophene rings is 1. The number of carbonyl (C=O) groups excluding carboxylic acids is 2. The van der Waals surface area contributed by atoms with Crippen molar-refractivity contribution in [2.24, 2.45) is 0 Å². The Morgan fingerprint density at radius 2 is 2.17 bits per heavy atom. The molecule has 1 N–H and O–H groups in total. The number of rotatable bonds is 4. The van der Waals surface area contributed by atoms with Crippen LogP contribution in [0, 0.1) is 0 Å². The lowest BCUT2D eigenvalue weighted by Crippen LogP contribution is -2.15. The fourth-order valence-corrected chi connectivity index (χ4v) is 4.59. The summed E-state index contributed by atoms with van der Waals surface area (Å²) in [4.78, 5) is 26.1. The summed E-state index contributed by atoms with van der Waals surface area (Å²) in [5.74, 6) is -0.723. The second kappa shape index (κ2) is 7.25. The van der Waals surface area contributed by atoms with E-state index in [1.165, 1.54) is 11.3 Å². The predicted molar refractivity (Wildman–Crippen MR) is 99.4 cm³/mol. The molecule has 2 aromatic rings. The zero-order valence-corrected chi connectivity index (χ0v) is 16.1. The van der Waals surface area contributed by atoms with Crippen LogP contribution in [0.5, 0.6) is 0 Å². The van der Waals surface area contributed by atoms with Gasteiger partial charge in [0.1, 0.15) is 5.00 Å². The Bertz CT molecular complexity index is 818. The Morgan fingerprint density at radius 1 is 1.38 bits per heavy atom. The number of benzene rings is 1. The van der Waals surface area contributed by atoms with E-state index in [4.69, 9.17) is 16.3 Å². The minimum Gasteiger partial charge on any atom is -0.462 e. The lowest BCUT2D eigenvalue weighted by atomic mass is 10.1. The van der Waals surface area contributed by atoms with Crippen LogP contribution < -0.4 is 5.32 Å². The number of halogens is 2. The molecular weight excluding hydrogens is 414 g/mol. The van der Waals surface area contributed by atoms with Gasteiger partial charge in [-0.25, -0.2) is 4.79 Å². The number of hydrogen-bond donors (Lipinski definition) is 1. The number of aryl methyl sites for hydroxylation is 1. The molecule has 1 aliphatic rings. The molecule has 0 saturated carbocycles. The summed E-state index contributed by atoms with van der Waals surface area (Å²) in [5, 5.41) is 3.74. The van der Waals surface area contributed by atoms with Crippen LogP contribution in [0.25, 0.3) is 0 Å². The van der Waals surface area contributed by atoms with Gasteiger partial charge in [-0.05, 0) is 49.9 Å². The van der Waals surface area contributed by atoms with E-state index in [-0.39, 0.29) is 11.9 Å². The third-order valence-electron chi connectivity index (χ3n) is 3.80. The number of nitrogens with one attached hydrogen (secondary N) is 1. The molecule has 0 radical (unpaired) electrons. The molecule has 1 amide bonds. The largest absolute Gasteiger partial charge is 0.462 e. The van der Waals surface area contributed by atoms with Crippen LogP contribution in [0.2, 0.25) is 5.02 Å². The average Bonchev–Trinajstić information content (AvgIpc) is 3.10. The maximum Gasteiger partial charge on any atom is 0.341 e. The molecule has 0 atom stereocenters. The van der Waals surface area contributed by atoms with Crippen molar-refractivity contribution in [3.8, 4) is 0 Å². The van der Waals surface area contributed by atoms with E-state index in [0.29, 0.717) is 27.8 Å². The molecule has 1 aromatic heterocycles. The molecule has 126 valence electrons. The zero-order valence-electron chi connectivity index (χ0n) is 12.9. The number of anilines is 1. The van der Waals surface area contributed by atoms with Crippen molar-refractivity contribution >= 4 is 55.7 Å². The van der Waals surface area contributed by atoms with Gasteiger partial charge in [-0.15, -0.1) is 11.3 Å². The van der Waals surface area contributed by atoms with Gasteiger partial charge in [0, 0.05) is 9.35 Å². The molecule has 0 saturated heterocycles. The highest BCUT2D eigenvalue weighted by atomic mass is 79.9. The normalized spacial score (nSPS) is 12.8. The smallest absolute Gasteiger partial charge is 0.341 e. The topological polar surface area (TPSA) is 55.4 Å². The lowest BCUT2D eigenvalue weighted by Gasteiger charge is -2.09. The molecule has 3 rings (SSSR count). The molecule has 1 aliphatic carbocycles. The molecule has 0 aliphatic heterocycles. The van der Waals surface area contributed by atoms with Crippen molar-refractivity contribution in [1.29, 1.82) is 0 Å². The Hall–Kier alpha value is -1.37. The summed E-state index contributed by atoms with van der Waals surface area (Å²) in [6.45, 7) is 2.07. The van der Waals surface area contributed by atoms with Crippen LogP contribution >= 0.6 is 38.9 Å². The van der Waals surface area contributed by atoms with E-state index in [2.05, 4.69) is 21.2 Å². The summed E-state index contributed by atoms with van der Waals surface area (Å²) < 4.78 is 5.93. The summed E-state index contributed by atoms with van der Waals surface area (Å²) in [5.41, 5.74) is 1.86. The molecule has 7 heteroatoms. The summed E-state index contributed by atoms with van der Waals surface area (Å²) >= 11 is 10.9. The first-order valence-corrected chi connectivity index (χ1v) is 9.58. The summed E-state index contributed by atoms with van der Waals surface area (Å²) in [7, 11) is 0.